The Labute approximate surface area is 153 Å². The first kappa shape index (κ1) is 19.0. The van der Waals surface area contributed by atoms with Crippen LogP contribution in [-0.2, 0) is 21.3 Å². The predicted molar refractivity (Wildman–Crippen MR) is 95.7 cm³/mol. The third kappa shape index (κ3) is 4.47. The Hall–Kier alpha value is -1.81. The summed E-state index contributed by atoms with van der Waals surface area (Å²) in [6.07, 6.45) is 0.654. The van der Waals surface area contributed by atoms with Gasteiger partial charge in [-0.2, -0.15) is 4.31 Å². The third-order valence-corrected chi connectivity index (χ3v) is 5.79. The molecule has 8 nitrogen and oxygen atoms in total. The van der Waals surface area contributed by atoms with Crippen LogP contribution in [0.25, 0.3) is 0 Å². The Bertz CT molecular complexity index is 824. The van der Waals surface area contributed by atoms with Gasteiger partial charge in [-0.05, 0) is 19.5 Å². The lowest BCUT2D eigenvalue weighted by Crippen LogP contribution is -2.41. The topological polar surface area (TPSA) is 88.8 Å². The largest absolute Gasteiger partial charge is 0.421 e. The van der Waals surface area contributed by atoms with Crippen LogP contribution < -0.4 is 0 Å². The van der Waals surface area contributed by atoms with Gasteiger partial charge in [0.05, 0.1) is 18.9 Å². The summed E-state index contributed by atoms with van der Waals surface area (Å²) in [5, 5.41) is 8.21. The van der Waals surface area contributed by atoms with Gasteiger partial charge in [0, 0.05) is 19.6 Å². The molecule has 0 unspecified atom stereocenters. The van der Waals surface area contributed by atoms with Crippen molar-refractivity contribution in [3.8, 4) is 0 Å². The van der Waals surface area contributed by atoms with Crippen LogP contribution in [0.15, 0.2) is 34.7 Å². The molecule has 1 aliphatic rings. The van der Waals surface area contributed by atoms with E-state index in [1.54, 1.807) is 0 Å². The van der Waals surface area contributed by atoms with Gasteiger partial charge in [-0.3, -0.25) is 4.90 Å². The average Bonchev–Trinajstić information content (AvgIpc) is 3.11. The van der Waals surface area contributed by atoms with E-state index in [-0.39, 0.29) is 12.6 Å². The molecule has 2 atom stereocenters. The summed E-state index contributed by atoms with van der Waals surface area (Å²) in [4.78, 5) is 2.11. The molecule has 0 aliphatic carbocycles. The molecule has 26 heavy (non-hydrogen) atoms. The highest BCUT2D eigenvalue weighted by atomic mass is 32.2. The Morgan fingerprint density at radius 3 is 2.73 bits per heavy atom. The Morgan fingerprint density at radius 1 is 1.31 bits per heavy atom. The molecule has 0 radical (unpaired) electrons. The molecule has 1 fully saturated rings. The number of hydrogen-bond donors (Lipinski definition) is 0. The van der Waals surface area contributed by atoms with E-state index in [0.717, 1.165) is 6.54 Å². The minimum atomic E-state index is -3.27. The fourth-order valence-corrected chi connectivity index (χ4v) is 3.63. The molecule has 1 aromatic heterocycles. The fraction of sp³-hybridized carbons (Fsp3) is 0.529. The van der Waals surface area contributed by atoms with Crippen LogP contribution in [0.5, 0.6) is 0 Å². The predicted octanol–water partition coefficient (Wildman–Crippen LogP) is 1.60. The highest BCUT2D eigenvalue weighted by Crippen LogP contribution is 2.26. The molecule has 1 saturated heterocycles. The van der Waals surface area contributed by atoms with Crippen LogP contribution >= 0.6 is 0 Å². The Kier molecular flexibility index (Phi) is 5.71. The van der Waals surface area contributed by atoms with Crippen LogP contribution in [0.3, 0.4) is 0 Å². The smallest absolute Gasteiger partial charge is 0.246 e. The summed E-state index contributed by atoms with van der Waals surface area (Å²) in [6.45, 7) is 3.58. The van der Waals surface area contributed by atoms with Crippen LogP contribution in [0.1, 0.15) is 36.4 Å². The maximum atomic E-state index is 11.7. The molecule has 9 heteroatoms. The number of sulfonamides is 1. The second-order valence-corrected chi connectivity index (χ2v) is 8.52. The summed E-state index contributed by atoms with van der Waals surface area (Å²) in [7, 11) is -1.28. The second kappa shape index (κ2) is 7.83. The summed E-state index contributed by atoms with van der Waals surface area (Å²) in [5.74, 6) is 0.798. The SMILES string of the molecule is C[C@H](c1nnc([C@H]2CN(S(C)(=O)=O)CCO2)o1)N(C)Cc1ccccc1. The molecular weight excluding hydrogens is 356 g/mol. The number of aromatic nitrogens is 2. The number of benzene rings is 1. The van der Waals surface area contributed by atoms with Crippen molar-refractivity contribution in [2.24, 2.45) is 0 Å². The summed E-state index contributed by atoms with van der Waals surface area (Å²) in [6, 6.07) is 10.1. The average molecular weight is 380 g/mol. The van der Waals surface area contributed by atoms with Crippen molar-refractivity contribution >= 4 is 10.0 Å². The van der Waals surface area contributed by atoms with Crippen LogP contribution in [0, 0.1) is 0 Å². The number of morpholine rings is 1. The van der Waals surface area contributed by atoms with Gasteiger partial charge in [0.15, 0.2) is 0 Å². The summed E-state index contributed by atoms with van der Waals surface area (Å²) < 4.78 is 36.3. The molecule has 0 bridgehead atoms. The number of ether oxygens (including phenoxy) is 1. The van der Waals surface area contributed by atoms with Gasteiger partial charge in [0.25, 0.3) is 0 Å². The molecule has 0 amide bonds. The zero-order valence-corrected chi connectivity index (χ0v) is 16.0. The highest BCUT2D eigenvalue weighted by molar-refractivity contribution is 7.88. The second-order valence-electron chi connectivity index (χ2n) is 6.54. The Morgan fingerprint density at radius 2 is 2.04 bits per heavy atom. The lowest BCUT2D eigenvalue weighted by atomic mass is 10.2. The first-order chi connectivity index (χ1) is 12.3. The van der Waals surface area contributed by atoms with E-state index in [0.29, 0.717) is 24.9 Å². The standard InChI is InChI=1S/C17H24N4O4S/c1-13(20(2)11-14-7-5-4-6-8-14)16-18-19-17(25-16)15-12-21(9-10-24-15)26(3,22)23/h4-8,13,15H,9-12H2,1-3H3/t13-,15-/m1/s1. The normalized spacial score (nSPS) is 20.4. The van der Waals surface area contributed by atoms with Crippen LogP contribution in [-0.4, -0.2) is 60.8 Å². The Balaban J connectivity index is 1.67. The number of hydrogen-bond acceptors (Lipinski definition) is 7. The van der Waals surface area contributed by atoms with E-state index in [4.69, 9.17) is 9.15 Å². The van der Waals surface area contributed by atoms with Gasteiger partial charge < -0.3 is 9.15 Å². The monoisotopic (exact) mass is 380 g/mol. The van der Waals surface area contributed by atoms with E-state index in [1.165, 1.54) is 16.1 Å². The van der Waals surface area contributed by atoms with Gasteiger partial charge in [0.2, 0.25) is 21.8 Å². The molecule has 0 N–H and O–H groups in total. The van der Waals surface area contributed by atoms with E-state index >= 15 is 0 Å². The van der Waals surface area contributed by atoms with E-state index < -0.39 is 16.1 Å². The minimum Gasteiger partial charge on any atom is -0.421 e. The summed E-state index contributed by atoms with van der Waals surface area (Å²) >= 11 is 0. The quantitative estimate of drug-likeness (QED) is 0.752. The molecule has 142 valence electrons. The van der Waals surface area contributed by atoms with Crippen molar-refractivity contribution < 1.29 is 17.6 Å². The van der Waals surface area contributed by atoms with Gasteiger partial charge in [0.1, 0.15) is 6.10 Å². The van der Waals surface area contributed by atoms with Gasteiger partial charge in [-0.15, -0.1) is 10.2 Å². The zero-order valence-electron chi connectivity index (χ0n) is 15.2. The van der Waals surface area contributed by atoms with E-state index in [9.17, 15) is 8.42 Å². The molecule has 0 spiro atoms. The van der Waals surface area contributed by atoms with E-state index in [2.05, 4.69) is 27.2 Å². The van der Waals surface area contributed by atoms with Crippen LogP contribution in [0.4, 0.5) is 0 Å². The molecule has 0 saturated carbocycles. The van der Waals surface area contributed by atoms with Crippen molar-refractivity contribution in [1.29, 1.82) is 0 Å². The third-order valence-electron chi connectivity index (χ3n) is 4.52. The van der Waals surface area contributed by atoms with Crippen molar-refractivity contribution in [2.45, 2.75) is 25.6 Å². The van der Waals surface area contributed by atoms with E-state index in [1.807, 2.05) is 32.2 Å². The number of rotatable bonds is 6. The fourth-order valence-electron chi connectivity index (χ4n) is 2.82. The number of nitrogens with zero attached hydrogens (tertiary/aromatic N) is 4. The molecule has 1 aliphatic heterocycles. The van der Waals surface area contributed by atoms with Gasteiger partial charge in [-0.1, -0.05) is 30.3 Å². The minimum absolute atomic E-state index is 0.0777. The lowest BCUT2D eigenvalue weighted by molar-refractivity contribution is -0.0182. The maximum absolute atomic E-state index is 11.7. The van der Waals surface area contributed by atoms with Gasteiger partial charge in [-0.25, -0.2) is 8.42 Å². The van der Waals surface area contributed by atoms with Gasteiger partial charge >= 0.3 is 0 Å². The van der Waals surface area contributed by atoms with Crippen molar-refractivity contribution in [1.82, 2.24) is 19.4 Å². The first-order valence-electron chi connectivity index (χ1n) is 8.49. The maximum Gasteiger partial charge on any atom is 0.246 e. The highest BCUT2D eigenvalue weighted by Gasteiger charge is 2.31. The van der Waals surface area contributed by atoms with Crippen LogP contribution in [0.2, 0.25) is 0 Å². The molecular formula is C17H24N4O4S. The van der Waals surface area contributed by atoms with Crippen molar-refractivity contribution in [3.63, 3.8) is 0 Å². The molecule has 2 aromatic rings. The molecule has 3 rings (SSSR count). The molecule has 2 heterocycles. The van der Waals surface area contributed by atoms with Crippen molar-refractivity contribution in [2.75, 3.05) is 33.0 Å². The molecule has 1 aromatic carbocycles. The van der Waals surface area contributed by atoms with Crippen molar-refractivity contribution in [3.05, 3.63) is 47.7 Å². The summed E-state index contributed by atoms with van der Waals surface area (Å²) in [5.41, 5.74) is 1.20. The lowest BCUT2D eigenvalue weighted by Gasteiger charge is -2.29. The first-order valence-corrected chi connectivity index (χ1v) is 10.3. The zero-order chi connectivity index (χ0) is 18.7.